The summed E-state index contributed by atoms with van der Waals surface area (Å²) in [7, 11) is 0. The molecule has 1 aliphatic carbocycles. The van der Waals surface area contributed by atoms with E-state index in [0.717, 1.165) is 34.0 Å². The zero-order valence-corrected chi connectivity index (χ0v) is 31.1. The third-order valence-electron chi connectivity index (χ3n) is 10.7. The molecule has 10 rings (SSSR count). The number of nitrogens with zero attached hydrogens (tertiary/aromatic N) is 3. The Kier molecular flexibility index (Phi) is 7.01. The molecule has 0 radical (unpaired) electrons. The fourth-order valence-electron chi connectivity index (χ4n) is 8.47. The van der Waals surface area contributed by atoms with Crippen LogP contribution in [0.5, 0.6) is 0 Å². The maximum absolute atomic E-state index is 5.42. The van der Waals surface area contributed by atoms with Crippen molar-refractivity contribution in [3.8, 4) is 43.5 Å². The average Bonchev–Trinajstić information content (AvgIpc) is 3.81. The van der Waals surface area contributed by atoms with Crippen molar-refractivity contribution in [3.05, 3.63) is 183 Å². The van der Waals surface area contributed by atoms with Crippen LogP contribution in [0.25, 0.3) is 43.5 Å². The van der Waals surface area contributed by atoms with E-state index in [1.54, 1.807) is 0 Å². The summed E-state index contributed by atoms with van der Waals surface area (Å²) in [5.74, 6) is 1.55. The molecule has 0 N–H and O–H groups in total. The van der Waals surface area contributed by atoms with Gasteiger partial charge < -0.3 is 0 Å². The van der Waals surface area contributed by atoms with Gasteiger partial charge in [-0.3, -0.25) is 4.90 Å². The molecule has 250 valence electrons. The summed E-state index contributed by atoms with van der Waals surface area (Å²) in [6.07, 6.45) is 0. The van der Waals surface area contributed by atoms with Crippen LogP contribution in [0.4, 0.5) is 17.2 Å². The molecular weight excluding hydrogens is 671 g/mol. The second kappa shape index (κ2) is 11.7. The first-order valence-corrected chi connectivity index (χ1v) is 19.4. The molecule has 0 saturated carbocycles. The maximum Gasteiger partial charge on any atom is 0.162 e. The van der Waals surface area contributed by atoms with Crippen LogP contribution in [0, 0.1) is 27.7 Å². The minimum absolute atomic E-state index is 0.412. The number of hydrogen-bond acceptors (Lipinski definition) is 5. The zero-order chi connectivity index (χ0) is 35.1. The molecule has 0 atom stereocenters. The largest absolute Gasteiger partial charge is 0.294 e. The van der Waals surface area contributed by atoms with Gasteiger partial charge in [-0.05, 0) is 97.0 Å². The summed E-state index contributed by atoms with van der Waals surface area (Å²) in [4.78, 5) is 18.5. The fraction of sp³-hybridized carbons (Fsp3) is 0.106. The van der Waals surface area contributed by atoms with Gasteiger partial charge in [-0.15, -0.1) is 22.7 Å². The van der Waals surface area contributed by atoms with E-state index in [1.165, 1.54) is 64.0 Å². The Labute approximate surface area is 312 Å². The minimum atomic E-state index is -0.412. The summed E-state index contributed by atoms with van der Waals surface area (Å²) in [6, 6.07) is 50.8. The van der Waals surface area contributed by atoms with E-state index in [0.29, 0.717) is 5.82 Å². The van der Waals surface area contributed by atoms with Crippen LogP contribution in [-0.4, -0.2) is 9.97 Å². The molecular formula is C47H35N3S2. The van der Waals surface area contributed by atoms with E-state index in [-0.39, 0.29) is 0 Å². The van der Waals surface area contributed by atoms with Crippen LogP contribution in [0.2, 0.25) is 0 Å². The van der Waals surface area contributed by atoms with Gasteiger partial charge in [-0.1, -0.05) is 109 Å². The number of benzene rings is 5. The highest BCUT2D eigenvalue weighted by molar-refractivity contribution is 7.22. The molecule has 2 aliphatic rings. The first kappa shape index (κ1) is 31.1. The molecule has 1 spiro atoms. The van der Waals surface area contributed by atoms with Gasteiger partial charge in [0.2, 0.25) is 0 Å². The second-order valence-electron chi connectivity index (χ2n) is 14.0. The van der Waals surface area contributed by atoms with Crippen LogP contribution in [0.3, 0.4) is 0 Å². The molecule has 5 aromatic carbocycles. The number of thiophene rings is 2. The van der Waals surface area contributed by atoms with Crippen molar-refractivity contribution in [1.82, 2.24) is 9.97 Å². The molecule has 52 heavy (non-hydrogen) atoms. The quantitative estimate of drug-likeness (QED) is 0.183. The molecule has 5 heteroatoms. The van der Waals surface area contributed by atoms with E-state index in [4.69, 9.17) is 9.97 Å². The van der Waals surface area contributed by atoms with Crippen molar-refractivity contribution >= 4 is 39.9 Å². The van der Waals surface area contributed by atoms with E-state index in [1.807, 2.05) is 22.7 Å². The van der Waals surface area contributed by atoms with Crippen LogP contribution in [0.15, 0.2) is 140 Å². The second-order valence-corrected chi connectivity index (χ2v) is 16.5. The van der Waals surface area contributed by atoms with Crippen molar-refractivity contribution in [2.45, 2.75) is 33.1 Å². The Balaban J connectivity index is 1.21. The average molecular weight is 706 g/mol. The molecule has 3 aromatic heterocycles. The number of rotatable bonds is 4. The first-order chi connectivity index (χ1) is 25.4. The Hall–Kier alpha value is -5.62. The highest BCUT2D eigenvalue weighted by Gasteiger charge is 2.53. The molecule has 1 aliphatic heterocycles. The van der Waals surface area contributed by atoms with E-state index < -0.39 is 5.41 Å². The lowest BCUT2D eigenvalue weighted by molar-refractivity contribution is 0.753. The predicted octanol–water partition coefficient (Wildman–Crippen LogP) is 13.0. The monoisotopic (exact) mass is 705 g/mol. The van der Waals surface area contributed by atoms with Gasteiger partial charge in [0.1, 0.15) is 5.82 Å². The summed E-state index contributed by atoms with van der Waals surface area (Å²) >= 11 is 3.85. The van der Waals surface area contributed by atoms with Crippen LogP contribution < -0.4 is 4.90 Å². The van der Waals surface area contributed by atoms with Gasteiger partial charge in [0.25, 0.3) is 0 Å². The van der Waals surface area contributed by atoms with Gasteiger partial charge in [0.05, 0.1) is 22.5 Å². The van der Waals surface area contributed by atoms with Crippen molar-refractivity contribution in [1.29, 1.82) is 0 Å². The van der Waals surface area contributed by atoms with Crippen LogP contribution in [-0.2, 0) is 5.41 Å². The SMILES string of the molecule is Cc1cccc(-c2cc(N3c4ccccc4C4(c5ccccc53)c3cc(C)sc3-c3sc(C)cc34)nc(-c3ccc(-c4ccccc4C)cc3)n2)c1. The third-order valence-corrected chi connectivity index (χ3v) is 12.9. The number of aryl methyl sites for hydroxylation is 4. The molecule has 4 heterocycles. The van der Waals surface area contributed by atoms with E-state index in [9.17, 15) is 0 Å². The Morgan fingerprint density at radius 1 is 0.500 bits per heavy atom. The van der Waals surface area contributed by atoms with Crippen molar-refractivity contribution in [3.63, 3.8) is 0 Å². The Morgan fingerprint density at radius 2 is 1.10 bits per heavy atom. The molecule has 8 aromatic rings. The number of aromatic nitrogens is 2. The molecule has 3 nitrogen and oxygen atoms in total. The van der Waals surface area contributed by atoms with Crippen molar-refractivity contribution in [2.24, 2.45) is 0 Å². The molecule has 0 amide bonds. The van der Waals surface area contributed by atoms with Gasteiger partial charge in [-0.2, -0.15) is 0 Å². The normalized spacial score (nSPS) is 13.5. The van der Waals surface area contributed by atoms with Gasteiger partial charge in [0.15, 0.2) is 5.82 Å². The maximum atomic E-state index is 5.42. The molecule has 0 unspecified atom stereocenters. The highest BCUT2D eigenvalue weighted by atomic mass is 32.1. The standard InChI is InChI=1S/C47H35N3S2/c1-28-12-11-14-34(24-28)40-27-43(49-46(48-40)33-22-20-32(21-23-33)35-15-6-5-13-29(35)2)50-41-18-9-7-16-36(41)47(37-17-8-10-19-42(37)50)38-25-30(3)51-44(38)45-39(47)26-31(4)52-45/h5-27H,1-4H3. The van der Waals surface area contributed by atoms with E-state index >= 15 is 0 Å². The Bertz CT molecular complexity index is 2600. The van der Waals surface area contributed by atoms with Crippen molar-refractivity contribution < 1.29 is 0 Å². The number of anilines is 3. The van der Waals surface area contributed by atoms with Crippen LogP contribution in [0.1, 0.15) is 43.1 Å². The first-order valence-electron chi connectivity index (χ1n) is 17.7. The lowest BCUT2D eigenvalue weighted by Gasteiger charge is -2.44. The van der Waals surface area contributed by atoms with Crippen molar-refractivity contribution in [2.75, 3.05) is 4.90 Å². The summed E-state index contributed by atoms with van der Waals surface area (Å²) in [6.45, 7) is 8.78. The summed E-state index contributed by atoms with van der Waals surface area (Å²) in [5, 5.41) is 0. The molecule has 0 bridgehead atoms. The van der Waals surface area contributed by atoms with E-state index in [2.05, 4.69) is 172 Å². The molecule has 0 fully saturated rings. The predicted molar refractivity (Wildman–Crippen MR) is 219 cm³/mol. The van der Waals surface area contributed by atoms with Crippen LogP contribution >= 0.6 is 22.7 Å². The fourth-order valence-corrected chi connectivity index (χ4v) is 10.8. The van der Waals surface area contributed by atoms with Gasteiger partial charge >= 0.3 is 0 Å². The van der Waals surface area contributed by atoms with Gasteiger partial charge in [0, 0.05) is 36.7 Å². The number of hydrogen-bond donors (Lipinski definition) is 0. The van der Waals surface area contributed by atoms with Gasteiger partial charge in [-0.25, -0.2) is 9.97 Å². The number of para-hydroxylation sites is 2. The minimum Gasteiger partial charge on any atom is -0.294 e. The summed E-state index contributed by atoms with van der Waals surface area (Å²) < 4.78 is 0. The lowest BCUT2D eigenvalue weighted by Crippen LogP contribution is -2.36. The smallest absolute Gasteiger partial charge is 0.162 e. The lowest BCUT2D eigenvalue weighted by atomic mass is 9.65. The topological polar surface area (TPSA) is 29.0 Å². The number of fused-ring (bicyclic) bond motifs is 9. The Morgan fingerprint density at radius 3 is 1.73 bits per heavy atom. The highest BCUT2D eigenvalue weighted by Crippen LogP contribution is 2.66. The third kappa shape index (κ3) is 4.56. The zero-order valence-electron chi connectivity index (χ0n) is 29.4. The summed E-state index contributed by atoms with van der Waals surface area (Å²) in [5.41, 5.74) is 15.1. The molecule has 0 saturated heterocycles.